The summed E-state index contributed by atoms with van der Waals surface area (Å²) in [6.45, 7) is 1.77. The summed E-state index contributed by atoms with van der Waals surface area (Å²) in [6.07, 6.45) is 2.16. The monoisotopic (exact) mass is 389 g/mol. The van der Waals surface area contributed by atoms with E-state index in [1.165, 1.54) is 24.6 Å². The van der Waals surface area contributed by atoms with Gasteiger partial charge in [-0.15, -0.1) is 10.2 Å². The van der Waals surface area contributed by atoms with Crippen molar-refractivity contribution < 1.29 is 17.6 Å². The summed E-state index contributed by atoms with van der Waals surface area (Å²) in [7, 11) is 0. The molecule has 0 amide bonds. The number of pyridine rings is 2. The van der Waals surface area contributed by atoms with Crippen LogP contribution in [0.2, 0.25) is 0 Å². The highest BCUT2D eigenvalue weighted by Crippen LogP contribution is 2.39. The first-order valence-corrected chi connectivity index (χ1v) is 9.04. The number of fused-ring (bicyclic) bond motifs is 1. The SMILES string of the molecule is C/C=C(\Nc1ccc2c(C(F)(F)F)cc(C3CCCC3)nc2n1)c1nnco1. The molecule has 1 saturated carbocycles. The molecule has 0 atom stereocenters. The molecule has 6 nitrogen and oxygen atoms in total. The molecule has 0 unspecified atom stereocenters. The van der Waals surface area contributed by atoms with Crippen LogP contribution in [-0.4, -0.2) is 20.2 Å². The molecule has 0 bridgehead atoms. The van der Waals surface area contributed by atoms with Crippen LogP contribution in [-0.2, 0) is 6.18 Å². The van der Waals surface area contributed by atoms with Gasteiger partial charge in [-0.3, -0.25) is 0 Å². The molecule has 146 valence electrons. The highest BCUT2D eigenvalue weighted by Gasteiger charge is 2.35. The maximum atomic E-state index is 13.6. The van der Waals surface area contributed by atoms with Crippen molar-refractivity contribution in [1.82, 2.24) is 20.2 Å². The van der Waals surface area contributed by atoms with Gasteiger partial charge in [-0.05, 0) is 38.0 Å². The van der Waals surface area contributed by atoms with Crippen molar-refractivity contribution in [2.24, 2.45) is 0 Å². The van der Waals surface area contributed by atoms with E-state index in [0.29, 0.717) is 17.2 Å². The zero-order chi connectivity index (χ0) is 19.7. The molecule has 9 heteroatoms. The van der Waals surface area contributed by atoms with E-state index in [-0.39, 0.29) is 22.8 Å². The molecule has 0 aromatic carbocycles. The third kappa shape index (κ3) is 3.56. The van der Waals surface area contributed by atoms with Crippen LogP contribution in [0.25, 0.3) is 16.7 Å². The Morgan fingerprint density at radius 1 is 1.21 bits per heavy atom. The molecule has 0 spiro atoms. The molecule has 0 saturated heterocycles. The van der Waals surface area contributed by atoms with E-state index in [4.69, 9.17) is 4.42 Å². The number of hydrogen-bond donors (Lipinski definition) is 1. The van der Waals surface area contributed by atoms with Gasteiger partial charge < -0.3 is 9.73 Å². The minimum atomic E-state index is -4.47. The molecular formula is C19H18F3N5O. The molecule has 1 fully saturated rings. The lowest BCUT2D eigenvalue weighted by atomic mass is 10.00. The normalized spacial score (nSPS) is 16.1. The fraction of sp³-hybridized carbons (Fsp3) is 0.368. The third-order valence-electron chi connectivity index (χ3n) is 4.91. The molecule has 1 aliphatic rings. The Morgan fingerprint density at radius 3 is 2.64 bits per heavy atom. The number of halogens is 3. The maximum Gasteiger partial charge on any atom is 0.417 e. The molecule has 3 aromatic rings. The molecule has 3 heterocycles. The van der Waals surface area contributed by atoms with Crippen LogP contribution in [0.1, 0.15) is 55.7 Å². The second-order valence-electron chi connectivity index (χ2n) is 6.71. The molecule has 0 radical (unpaired) electrons. The van der Waals surface area contributed by atoms with Crippen LogP contribution in [0.5, 0.6) is 0 Å². The van der Waals surface area contributed by atoms with Crippen molar-refractivity contribution in [3.63, 3.8) is 0 Å². The lowest BCUT2D eigenvalue weighted by Crippen LogP contribution is -2.10. The third-order valence-corrected chi connectivity index (χ3v) is 4.91. The average molecular weight is 389 g/mol. The summed E-state index contributed by atoms with van der Waals surface area (Å²) in [5.74, 6) is 0.657. The summed E-state index contributed by atoms with van der Waals surface area (Å²) >= 11 is 0. The largest absolute Gasteiger partial charge is 0.422 e. The average Bonchev–Trinajstić information content (AvgIpc) is 3.38. The van der Waals surface area contributed by atoms with Gasteiger partial charge in [-0.25, -0.2) is 9.97 Å². The van der Waals surface area contributed by atoms with Crippen molar-refractivity contribution in [2.75, 3.05) is 5.32 Å². The number of aromatic nitrogens is 4. The Hall–Kier alpha value is -2.97. The van der Waals surface area contributed by atoms with E-state index in [9.17, 15) is 13.2 Å². The predicted molar refractivity (Wildman–Crippen MR) is 97.3 cm³/mol. The molecule has 1 aliphatic carbocycles. The summed E-state index contributed by atoms with van der Waals surface area (Å²) in [6, 6.07) is 4.05. The van der Waals surface area contributed by atoms with Gasteiger partial charge in [0.15, 0.2) is 5.65 Å². The minimum Gasteiger partial charge on any atom is -0.422 e. The number of allylic oxidation sites excluding steroid dienone is 1. The Balaban J connectivity index is 1.77. The van der Waals surface area contributed by atoms with Gasteiger partial charge in [0.25, 0.3) is 5.89 Å². The van der Waals surface area contributed by atoms with Crippen molar-refractivity contribution >= 4 is 22.5 Å². The van der Waals surface area contributed by atoms with Crippen molar-refractivity contribution in [3.8, 4) is 0 Å². The maximum absolute atomic E-state index is 13.6. The second-order valence-corrected chi connectivity index (χ2v) is 6.71. The highest BCUT2D eigenvalue weighted by atomic mass is 19.4. The fourth-order valence-electron chi connectivity index (χ4n) is 3.54. The highest BCUT2D eigenvalue weighted by molar-refractivity contribution is 5.83. The Bertz CT molecular complexity index is 1010. The van der Waals surface area contributed by atoms with Gasteiger partial charge in [0, 0.05) is 17.0 Å². The number of nitrogens with one attached hydrogen (secondary N) is 1. The van der Waals surface area contributed by atoms with Crippen molar-refractivity contribution in [3.05, 3.63) is 47.8 Å². The molecule has 4 rings (SSSR count). The van der Waals surface area contributed by atoms with E-state index >= 15 is 0 Å². The Kier molecular flexibility index (Phi) is 4.74. The van der Waals surface area contributed by atoms with Gasteiger partial charge in [-0.1, -0.05) is 18.9 Å². The van der Waals surface area contributed by atoms with Crippen LogP contribution in [0.4, 0.5) is 19.0 Å². The summed E-state index contributed by atoms with van der Waals surface area (Å²) < 4.78 is 46.0. The molecule has 28 heavy (non-hydrogen) atoms. The molecule has 0 aliphatic heterocycles. The quantitative estimate of drug-likeness (QED) is 0.664. The Morgan fingerprint density at radius 2 is 2.00 bits per heavy atom. The molecular weight excluding hydrogens is 371 g/mol. The topological polar surface area (TPSA) is 76.7 Å². The first kappa shape index (κ1) is 18.4. The zero-order valence-electron chi connectivity index (χ0n) is 15.1. The van der Waals surface area contributed by atoms with Gasteiger partial charge >= 0.3 is 6.18 Å². The second kappa shape index (κ2) is 7.21. The van der Waals surface area contributed by atoms with Crippen LogP contribution in [0, 0.1) is 0 Å². The van der Waals surface area contributed by atoms with Crippen LogP contribution in [0.15, 0.2) is 35.1 Å². The molecule has 1 N–H and O–H groups in total. The minimum absolute atomic E-state index is 0.0142. The Labute approximate surface area is 158 Å². The van der Waals surface area contributed by atoms with Gasteiger partial charge in [0.1, 0.15) is 11.5 Å². The standard InChI is InChI=1S/C19H18F3N5O/c1-2-14(18-27-23-10-28-18)24-16-8-7-12-13(19(20,21)22)9-15(25-17(12)26-16)11-5-3-4-6-11/h2,7-11H,3-6H2,1H3,(H,24,25,26)/b14-2-. The zero-order valence-corrected chi connectivity index (χ0v) is 15.1. The van der Waals surface area contributed by atoms with Gasteiger partial charge in [-0.2, -0.15) is 13.2 Å². The van der Waals surface area contributed by atoms with E-state index in [1.54, 1.807) is 13.0 Å². The van der Waals surface area contributed by atoms with E-state index in [1.807, 2.05) is 0 Å². The number of hydrogen-bond acceptors (Lipinski definition) is 6. The van der Waals surface area contributed by atoms with Crippen molar-refractivity contribution in [2.45, 2.75) is 44.7 Å². The summed E-state index contributed by atoms with van der Waals surface area (Å²) in [4.78, 5) is 8.79. The van der Waals surface area contributed by atoms with E-state index in [2.05, 4.69) is 25.5 Å². The first-order valence-electron chi connectivity index (χ1n) is 9.04. The number of nitrogens with zero attached hydrogens (tertiary/aromatic N) is 4. The molecule has 3 aromatic heterocycles. The first-order chi connectivity index (χ1) is 13.5. The smallest absolute Gasteiger partial charge is 0.417 e. The van der Waals surface area contributed by atoms with Gasteiger partial charge in [0.2, 0.25) is 6.39 Å². The number of anilines is 1. The van der Waals surface area contributed by atoms with E-state index in [0.717, 1.165) is 25.7 Å². The van der Waals surface area contributed by atoms with Gasteiger partial charge in [0.05, 0.1) is 5.56 Å². The lowest BCUT2D eigenvalue weighted by Gasteiger charge is -2.16. The fourth-order valence-corrected chi connectivity index (χ4v) is 3.54. The summed E-state index contributed by atoms with van der Waals surface area (Å²) in [5.41, 5.74) is 0.349. The van der Waals surface area contributed by atoms with Crippen LogP contribution >= 0.6 is 0 Å². The number of alkyl halides is 3. The van der Waals surface area contributed by atoms with E-state index < -0.39 is 11.7 Å². The van der Waals surface area contributed by atoms with Crippen LogP contribution < -0.4 is 5.32 Å². The van der Waals surface area contributed by atoms with Crippen LogP contribution in [0.3, 0.4) is 0 Å². The summed E-state index contributed by atoms with van der Waals surface area (Å²) in [5, 5.41) is 10.4. The number of rotatable bonds is 4. The van der Waals surface area contributed by atoms with Crippen molar-refractivity contribution in [1.29, 1.82) is 0 Å². The predicted octanol–water partition coefficient (Wildman–Crippen LogP) is 5.16. The lowest BCUT2D eigenvalue weighted by molar-refractivity contribution is -0.136.